The molecule has 3 rings (SSSR count). The first-order valence-electron chi connectivity index (χ1n) is 8.52. The third-order valence-corrected chi connectivity index (χ3v) is 7.59. The zero-order valence-electron chi connectivity index (χ0n) is 15.0. The van der Waals surface area contributed by atoms with Crippen molar-refractivity contribution in [2.75, 3.05) is 33.2 Å². The molecule has 2 aromatic rings. The Kier molecular flexibility index (Phi) is 7.80. The summed E-state index contributed by atoms with van der Waals surface area (Å²) in [6.45, 7) is 2.29. The topological polar surface area (TPSA) is 96.3 Å². The molecule has 3 heterocycles. The van der Waals surface area contributed by atoms with Crippen molar-refractivity contribution in [1.29, 1.82) is 0 Å². The smallest absolute Gasteiger partial charge is 0.271 e. The fourth-order valence-corrected chi connectivity index (χ4v) is 5.20. The fourth-order valence-electron chi connectivity index (χ4n) is 2.82. The van der Waals surface area contributed by atoms with Crippen LogP contribution in [0.25, 0.3) is 0 Å². The van der Waals surface area contributed by atoms with Crippen molar-refractivity contribution < 1.29 is 13.2 Å². The second-order valence-electron chi connectivity index (χ2n) is 6.20. The van der Waals surface area contributed by atoms with E-state index in [0.717, 1.165) is 25.9 Å². The number of sulfonamides is 1. The maximum atomic E-state index is 12.3. The molecule has 0 aliphatic carbocycles. The van der Waals surface area contributed by atoms with Gasteiger partial charge in [0.25, 0.3) is 15.9 Å². The molecule has 8 nitrogen and oxygen atoms in total. The highest BCUT2D eigenvalue weighted by Crippen LogP contribution is 2.19. The third-order valence-electron chi connectivity index (χ3n) is 4.36. The van der Waals surface area contributed by atoms with Gasteiger partial charge in [-0.2, -0.15) is 9.40 Å². The summed E-state index contributed by atoms with van der Waals surface area (Å²) in [6, 6.07) is 5.23. The Balaban J connectivity index is 0.00000261. The molecule has 0 radical (unpaired) electrons. The van der Waals surface area contributed by atoms with E-state index < -0.39 is 10.0 Å². The molecular weight excluding hydrogens is 410 g/mol. The molecule has 0 saturated carbocycles. The van der Waals surface area contributed by atoms with Crippen LogP contribution in [0, 0.1) is 0 Å². The molecule has 1 saturated heterocycles. The van der Waals surface area contributed by atoms with Gasteiger partial charge in [0.15, 0.2) is 0 Å². The molecule has 1 atom stereocenters. The number of amides is 1. The van der Waals surface area contributed by atoms with E-state index in [1.807, 2.05) is 10.9 Å². The predicted octanol–water partition coefficient (Wildman–Crippen LogP) is 1.34. The van der Waals surface area contributed by atoms with Crippen molar-refractivity contribution in [1.82, 2.24) is 24.7 Å². The number of carbonyl (C=O) groups excluding carboxylic acids is 1. The number of hydrogen-bond acceptors (Lipinski definition) is 6. The van der Waals surface area contributed by atoms with Crippen LogP contribution in [0.4, 0.5) is 0 Å². The summed E-state index contributed by atoms with van der Waals surface area (Å²) in [6.07, 6.45) is 3.96. The average molecular weight is 434 g/mol. The van der Waals surface area contributed by atoms with Crippen LogP contribution in [0.1, 0.15) is 29.4 Å². The first-order chi connectivity index (χ1) is 12.5. The van der Waals surface area contributed by atoms with Gasteiger partial charge in [0.05, 0.1) is 6.04 Å². The molecule has 0 spiro atoms. The molecule has 27 heavy (non-hydrogen) atoms. The lowest BCUT2D eigenvalue weighted by molar-refractivity contribution is 0.0946. The Morgan fingerprint density at radius 3 is 2.96 bits per heavy atom. The lowest BCUT2D eigenvalue weighted by Gasteiger charge is -2.22. The zero-order chi connectivity index (χ0) is 18.6. The van der Waals surface area contributed by atoms with Gasteiger partial charge in [0.2, 0.25) is 0 Å². The van der Waals surface area contributed by atoms with Crippen LogP contribution in [-0.2, 0) is 10.0 Å². The molecule has 0 bridgehead atoms. The molecule has 1 fully saturated rings. The highest BCUT2D eigenvalue weighted by atomic mass is 35.5. The summed E-state index contributed by atoms with van der Waals surface area (Å²) in [5.41, 5.74) is 0.347. The highest BCUT2D eigenvalue weighted by molar-refractivity contribution is 7.91. The number of likely N-dealkylation sites (N-methyl/N-ethyl adjacent to an activating group) is 1. The molecule has 1 unspecified atom stereocenters. The number of thiophene rings is 1. The van der Waals surface area contributed by atoms with Gasteiger partial charge in [0, 0.05) is 32.9 Å². The molecule has 2 aromatic heterocycles. The van der Waals surface area contributed by atoms with E-state index in [0.29, 0.717) is 9.90 Å². The van der Waals surface area contributed by atoms with E-state index in [1.54, 1.807) is 23.6 Å². The molecule has 2 N–H and O–H groups in total. The first-order valence-corrected chi connectivity index (χ1v) is 10.8. The van der Waals surface area contributed by atoms with E-state index in [2.05, 4.69) is 15.7 Å². The van der Waals surface area contributed by atoms with Crippen LogP contribution in [0.5, 0.6) is 0 Å². The van der Waals surface area contributed by atoms with Crippen molar-refractivity contribution in [2.45, 2.75) is 23.1 Å². The Labute approximate surface area is 169 Å². The van der Waals surface area contributed by atoms with Crippen molar-refractivity contribution >= 4 is 39.7 Å². The summed E-state index contributed by atoms with van der Waals surface area (Å²) in [4.78, 5) is 12.2. The number of carbonyl (C=O) groups is 1. The molecule has 1 aliphatic rings. The van der Waals surface area contributed by atoms with Gasteiger partial charge in [-0.25, -0.2) is 8.42 Å². The number of piperidine rings is 1. The van der Waals surface area contributed by atoms with E-state index in [1.165, 1.54) is 22.7 Å². The molecule has 150 valence electrons. The van der Waals surface area contributed by atoms with Gasteiger partial charge < -0.3 is 10.6 Å². The highest BCUT2D eigenvalue weighted by Gasteiger charge is 2.22. The number of nitrogens with zero attached hydrogens (tertiary/aromatic N) is 3. The molecule has 11 heteroatoms. The Hall–Kier alpha value is -1.46. The Morgan fingerprint density at radius 2 is 2.30 bits per heavy atom. The van der Waals surface area contributed by atoms with Gasteiger partial charge in [-0.1, -0.05) is 6.07 Å². The predicted molar refractivity (Wildman–Crippen MR) is 107 cm³/mol. The quantitative estimate of drug-likeness (QED) is 0.686. The van der Waals surface area contributed by atoms with Crippen LogP contribution in [0.3, 0.4) is 0 Å². The monoisotopic (exact) mass is 433 g/mol. The molecule has 1 aliphatic heterocycles. The SMILES string of the molecule is CN(CCNC(=O)c1ccn(C2CCCNC2)n1)S(=O)(=O)c1cccs1.Cl. The lowest BCUT2D eigenvalue weighted by Crippen LogP contribution is -2.36. The van der Waals surface area contributed by atoms with Crippen LogP contribution < -0.4 is 10.6 Å². The zero-order valence-corrected chi connectivity index (χ0v) is 17.4. The first kappa shape index (κ1) is 21.8. The van der Waals surface area contributed by atoms with E-state index in [-0.39, 0.29) is 37.4 Å². The fraction of sp³-hybridized carbons (Fsp3) is 0.500. The number of aromatic nitrogens is 2. The summed E-state index contributed by atoms with van der Waals surface area (Å²) in [5, 5.41) is 12.1. The van der Waals surface area contributed by atoms with Crippen LogP contribution in [-0.4, -0.2) is 61.6 Å². The molecule has 0 aromatic carbocycles. The summed E-state index contributed by atoms with van der Waals surface area (Å²) in [5.74, 6) is -0.297. The summed E-state index contributed by atoms with van der Waals surface area (Å²) in [7, 11) is -1.99. The van der Waals surface area contributed by atoms with Crippen molar-refractivity contribution in [3.05, 3.63) is 35.5 Å². The van der Waals surface area contributed by atoms with Gasteiger partial charge in [-0.15, -0.1) is 23.7 Å². The van der Waals surface area contributed by atoms with Crippen LogP contribution in [0.15, 0.2) is 34.0 Å². The Bertz CT molecular complexity index is 832. The number of nitrogens with one attached hydrogen (secondary N) is 2. The van der Waals surface area contributed by atoms with Crippen LogP contribution >= 0.6 is 23.7 Å². The molecular formula is C16H24ClN5O3S2. The minimum Gasteiger partial charge on any atom is -0.349 e. The minimum absolute atomic E-state index is 0. The van der Waals surface area contributed by atoms with Crippen LogP contribution in [0.2, 0.25) is 0 Å². The van der Waals surface area contributed by atoms with Gasteiger partial charge >= 0.3 is 0 Å². The molecule has 1 amide bonds. The van der Waals surface area contributed by atoms with E-state index >= 15 is 0 Å². The second kappa shape index (κ2) is 9.65. The summed E-state index contributed by atoms with van der Waals surface area (Å²) < 4.78 is 28.0. The maximum Gasteiger partial charge on any atom is 0.271 e. The maximum absolute atomic E-state index is 12.3. The average Bonchev–Trinajstić information content (AvgIpc) is 3.34. The van der Waals surface area contributed by atoms with Crippen molar-refractivity contribution in [2.24, 2.45) is 0 Å². The number of halogens is 1. The second-order valence-corrected chi connectivity index (χ2v) is 9.42. The number of rotatable bonds is 7. The lowest BCUT2D eigenvalue weighted by atomic mass is 10.1. The number of hydrogen-bond donors (Lipinski definition) is 2. The normalized spacial score (nSPS) is 17.5. The Morgan fingerprint density at radius 1 is 1.48 bits per heavy atom. The standard InChI is InChI=1S/C16H23N5O3S2.ClH/c1-20(26(23,24)15-5-3-11-25-15)10-8-18-16(22)14-6-9-21(19-14)13-4-2-7-17-12-13;/h3,5-6,9,11,13,17H,2,4,7-8,10,12H2,1H3,(H,18,22);1H. The van der Waals surface area contributed by atoms with Crippen molar-refractivity contribution in [3.8, 4) is 0 Å². The van der Waals surface area contributed by atoms with Gasteiger partial charge in [-0.3, -0.25) is 9.48 Å². The summed E-state index contributed by atoms with van der Waals surface area (Å²) >= 11 is 1.18. The van der Waals surface area contributed by atoms with E-state index in [4.69, 9.17) is 0 Å². The third kappa shape index (κ3) is 5.29. The van der Waals surface area contributed by atoms with Gasteiger partial charge in [-0.05, 0) is 36.9 Å². The largest absolute Gasteiger partial charge is 0.349 e. The van der Waals surface area contributed by atoms with E-state index in [9.17, 15) is 13.2 Å². The van der Waals surface area contributed by atoms with Gasteiger partial charge in [0.1, 0.15) is 9.90 Å². The minimum atomic E-state index is -3.49. The van der Waals surface area contributed by atoms with Crippen molar-refractivity contribution in [3.63, 3.8) is 0 Å².